The minimum atomic E-state index is 0.314. The zero-order valence-corrected chi connectivity index (χ0v) is 12.2. The molecule has 0 saturated heterocycles. The molecular weight excluding hydrogens is 315 g/mol. The molecule has 0 bridgehead atoms. The van der Waals surface area contributed by atoms with E-state index in [1.807, 2.05) is 0 Å². The van der Waals surface area contributed by atoms with Crippen LogP contribution in [0.15, 0.2) is 28.9 Å². The van der Waals surface area contributed by atoms with Gasteiger partial charge in [-0.05, 0) is 18.2 Å². The maximum atomic E-state index is 5.95. The summed E-state index contributed by atoms with van der Waals surface area (Å²) in [7, 11) is 0. The van der Waals surface area contributed by atoms with Crippen molar-refractivity contribution in [2.45, 2.75) is 13.1 Å². The van der Waals surface area contributed by atoms with E-state index in [0.29, 0.717) is 46.1 Å². The Kier molecular flexibility index (Phi) is 3.87. The zero-order valence-electron chi connectivity index (χ0n) is 10.7. The summed E-state index contributed by atoms with van der Waals surface area (Å²) in [6.07, 6.45) is 1.72. The standard InChI is InChI=1S/C12H10Cl2N6O/c13-8-1-7(2-9(14)3-8)12-16-11(21-18-12)6-20-5-10(4-15)17-19-20/h1-3,5H,4,6,15H2. The summed E-state index contributed by atoms with van der Waals surface area (Å²) in [5, 5.41) is 12.7. The highest BCUT2D eigenvalue weighted by atomic mass is 35.5. The topological polar surface area (TPSA) is 95.7 Å². The van der Waals surface area contributed by atoms with Gasteiger partial charge in [0, 0.05) is 22.2 Å². The Morgan fingerprint density at radius 3 is 2.62 bits per heavy atom. The Labute approximate surface area is 129 Å². The predicted molar refractivity (Wildman–Crippen MR) is 76.8 cm³/mol. The maximum Gasteiger partial charge on any atom is 0.248 e. The fourth-order valence-corrected chi connectivity index (χ4v) is 2.29. The highest BCUT2D eigenvalue weighted by Gasteiger charge is 2.11. The lowest BCUT2D eigenvalue weighted by atomic mass is 10.2. The highest BCUT2D eigenvalue weighted by molar-refractivity contribution is 6.35. The van der Waals surface area contributed by atoms with Gasteiger partial charge >= 0.3 is 0 Å². The van der Waals surface area contributed by atoms with E-state index in [1.165, 1.54) is 0 Å². The number of aromatic nitrogens is 5. The normalized spacial score (nSPS) is 11.0. The van der Waals surface area contributed by atoms with Gasteiger partial charge in [-0.3, -0.25) is 0 Å². The van der Waals surface area contributed by atoms with E-state index in [0.717, 1.165) is 0 Å². The van der Waals surface area contributed by atoms with Crippen LogP contribution in [-0.2, 0) is 13.1 Å². The van der Waals surface area contributed by atoms with Crippen molar-refractivity contribution in [1.29, 1.82) is 0 Å². The average Bonchev–Trinajstić information content (AvgIpc) is 3.07. The highest BCUT2D eigenvalue weighted by Crippen LogP contribution is 2.25. The first kappa shape index (κ1) is 14.0. The molecule has 0 spiro atoms. The van der Waals surface area contributed by atoms with Gasteiger partial charge in [0.1, 0.15) is 6.54 Å². The molecule has 21 heavy (non-hydrogen) atoms. The van der Waals surface area contributed by atoms with Crippen LogP contribution in [0.5, 0.6) is 0 Å². The van der Waals surface area contributed by atoms with Crippen molar-refractivity contribution in [3.05, 3.63) is 46.0 Å². The Morgan fingerprint density at radius 2 is 1.95 bits per heavy atom. The van der Waals surface area contributed by atoms with Crippen molar-refractivity contribution in [3.63, 3.8) is 0 Å². The largest absolute Gasteiger partial charge is 0.337 e. The molecule has 0 saturated carbocycles. The lowest BCUT2D eigenvalue weighted by molar-refractivity contribution is 0.364. The molecule has 2 heterocycles. The van der Waals surface area contributed by atoms with Crippen LogP contribution in [-0.4, -0.2) is 25.1 Å². The van der Waals surface area contributed by atoms with Crippen LogP contribution in [0, 0.1) is 0 Å². The molecule has 0 aliphatic heterocycles. The summed E-state index contributed by atoms with van der Waals surface area (Å²) in [6, 6.07) is 5.06. The number of nitrogens with two attached hydrogens (primary N) is 1. The van der Waals surface area contributed by atoms with Gasteiger partial charge in [-0.25, -0.2) is 4.68 Å². The van der Waals surface area contributed by atoms with Gasteiger partial charge in [0.15, 0.2) is 0 Å². The first-order valence-corrected chi connectivity index (χ1v) is 6.78. The second-order valence-electron chi connectivity index (χ2n) is 4.28. The quantitative estimate of drug-likeness (QED) is 0.789. The first-order chi connectivity index (χ1) is 10.1. The van der Waals surface area contributed by atoms with Gasteiger partial charge in [0.05, 0.1) is 11.9 Å². The molecule has 0 amide bonds. The van der Waals surface area contributed by atoms with Crippen molar-refractivity contribution in [2.75, 3.05) is 0 Å². The maximum absolute atomic E-state index is 5.95. The van der Waals surface area contributed by atoms with Crippen LogP contribution in [0.4, 0.5) is 0 Å². The molecule has 1 aromatic carbocycles. The molecular formula is C12H10Cl2N6O. The summed E-state index contributed by atoms with van der Waals surface area (Å²) in [6.45, 7) is 0.643. The zero-order chi connectivity index (χ0) is 14.8. The number of nitrogens with zero attached hydrogens (tertiary/aromatic N) is 5. The van der Waals surface area contributed by atoms with Gasteiger partial charge in [-0.15, -0.1) is 5.10 Å². The van der Waals surface area contributed by atoms with Gasteiger partial charge < -0.3 is 10.3 Å². The molecule has 2 aromatic heterocycles. The van der Waals surface area contributed by atoms with E-state index in [9.17, 15) is 0 Å². The monoisotopic (exact) mass is 324 g/mol. The predicted octanol–water partition coefficient (Wildman–Crippen LogP) is 2.14. The summed E-state index contributed by atoms with van der Waals surface area (Å²) < 4.78 is 6.75. The second-order valence-corrected chi connectivity index (χ2v) is 5.15. The molecule has 7 nitrogen and oxygen atoms in total. The smallest absolute Gasteiger partial charge is 0.248 e. The molecule has 108 valence electrons. The third-order valence-electron chi connectivity index (χ3n) is 2.68. The third kappa shape index (κ3) is 3.21. The Balaban J connectivity index is 1.82. The molecule has 0 aliphatic rings. The molecule has 2 N–H and O–H groups in total. The van der Waals surface area contributed by atoms with Crippen LogP contribution in [0.3, 0.4) is 0 Å². The Hall–Kier alpha value is -1.96. The van der Waals surface area contributed by atoms with E-state index in [4.69, 9.17) is 33.5 Å². The number of hydrogen-bond acceptors (Lipinski definition) is 6. The van der Waals surface area contributed by atoms with Gasteiger partial charge in [0.2, 0.25) is 11.7 Å². The Morgan fingerprint density at radius 1 is 1.19 bits per heavy atom. The number of halogens is 2. The van der Waals surface area contributed by atoms with Crippen molar-refractivity contribution < 1.29 is 4.52 Å². The van der Waals surface area contributed by atoms with E-state index in [1.54, 1.807) is 29.1 Å². The summed E-state index contributed by atoms with van der Waals surface area (Å²) in [5.74, 6) is 0.808. The molecule has 0 unspecified atom stereocenters. The van der Waals surface area contributed by atoms with E-state index < -0.39 is 0 Å². The average molecular weight is 325 g/mol. The van der Waals surface area contributed by atoms with Gasteiger partial charge in [-0.1, -0.05) is 33.6 Å². The minimum Gasteiger partial charge on any atom is -0.337 e. The first-order valence-electron chi connectivity index (χ1n) is 6.02. The number of hydrogen-bond donors (Lipinski definition) is 1. The molecule has 9 heteroatoms. The van der Waals surface area contributed by atoms with Crippen LogP contribution in [0.25, 0.3) is 11.4 Å². The lowest BCUT2D eigenvalue weighted by Crippen LogP contribution is -2.00. The van der Waals surface area contributed by atoms with Gasteiger partial charge in [0.25, 0.3) is 0 Å². The molecule has 0 fully saturated rings. The van der Waals surface area contributed by atoms with Crippen molar-refractivity contribution in [2.24, 2.45) is 5.73 Å². The SMILES string of the molecule is NCc1cn(Cc2nc(-c3cc(Cl)cc(Cl)c3)no2)nn1. The molecule has 0 aliphatic carbocycles. The van der Waals surface area contributed by atoms with E-state index in [-0.39, 0.29) is 0 Å². The molecule has 3 aromatic rings. The van der Waals surface area contributed by atoms with Crippen LogP contribution >= 0.6 is 23.2 Å². The summed E-state index contributed by atoms with van der Waals surface area (Å²) >= 11 is 11.9. The molecule has 0 atom stereocenters. The van der Waals surface area contributed by atoms with Gasteiger partial charge in [-0.2, -0.15) is 4.98 Å². The summed E-state index contributed by atoms with van der Waals surface area (Å²) in [4.78, 5) is 4.28. The van der Waals surface area contributed by atoms with Crippen LogP contribution < -0.4 is 5.73 Å². The van der Waals surface area contributed by atoms with E-state index >= 15 is 0 Å². The second kappa shape index (κ2) is 5.80. The number of rotatable bonds is 4. The summed E-state index contributed by atoms with van der Waals surface area (Å²) in [5.41, 5.74) is 6.85. The van der Waals surface area contributed by atoms with Crippen LogP contribution in [0.1, 0.15) is 11.6 Å². The fraction of sp³-hybridized carbons (Fsp3) is 0.167. The fourth-order valence-electron chi connectivity index (χ4n) is 1.77. The van der Waals surface area contributed by atoms with Crippen molar-refractivity contribution in [3.8, 4) is 11.4 Å². The Bertz CT molecular complexity index is 748. The van der Waals surface area contributed by atoms with E-state index in [2.05, 4.69) is 20.5 Å². The lowest BCUT2D eigenvalue weighted by Gasteiger charge is -1.97. The molecule has 0 radical (unpaired) electrons. The number of benzene rings is 1. The third-order valence-corrected chi connectivity index (χ3v) is 3.12. The van der Waals surface area contributed by atoms with Crippen molar-refractivity contribution >= 4 is 23.2 Å². The van der Waals surface area contributed by atoms with Crippen LogP contribution in [0.2, 0.25) is 10.0 Å². The van der Waals surface area contributed by atoms with Crippen molar-refractivity contribution in [1.82, 2.24) is 25.1 Å². The molecule has 3 rings (SSSR count). The minimum absolute atomic E-state index is 0.314.